The maximum atomic E-state index is 12.1. The zero-order chi connectivity index (χ0) is 14.3. The van der Waals surface area contributed by atoms with Crippen molar-refractivity contribution in [2.45, 2.75) is 63.6 Å². The molecule has 0 bridgehead atoms. The molecule has 1 atom stereocenters. The van der Waals surface area contributed by atoms with Crippen molar-refractivity contribution in [3.05, 3.63) is 0 Å². The molecule has 0 aliphatic heterocycles. The van der Waals surface area contributed by atoms with Gasteiger partial charge >= 0.3 is 0 Å². The van der Waals surface area contributed by atoms with E-state index < -0.39 is 10.0 Å². The van der Waals surface area contributed by atoms with Crippen LogP contribution in [-0.2, 0) is 10.0 Å². The lowest BCUT2D eigenvalue weighted by Crippen LogP contribution is -2.36. The Morgan fingerprint density at radius 1 is 1.16 bits per heavy atom. The van der Waals surface area contributed by atoms with Crippen LogP contribution in [0.4, 0.5) is 0 Å². The topological polar surface area (TPSA) is 46.2 Å². The molecular weight excluding hydrogens is 326 g/mol. The van der Waals surface area contributed by atoms with Gasteiger partial charge in [0.2, 0.25) is 10.0 Å². The van der Waals surface area contributed by atoms with Crippen LogP contribution in [0, 0.1) is 11.8 Å². The number of alkyl halides is 1. The number of halogens is 1. The van der Waals surface area contributed by atoms with Crippen LogP contribution in [0.5, 0.6) is 0 Å². The summed E-state index contributed by atoms with van der Waals surface area (Å²) < 4.78 is 26.9. The molecule has 0 aromatic carbocycles. The van der Waals surface area contributed by atoms with Crippen LogP contribution in [0.3, 0.4) is 0 Å². The largest absolute Gasteiger partial charge is 0.214 e. The van der Waals surface area contributed by atoms with Crippen molar-refractivity contribution in [2.24, 2.45) is 11.8 Å². The van der Waals surface area contributed by atoms with Crippen molar-refractivity contribution < 1.29 is 8.42 Å². The first kappa shape index (κ1) is 17.4. The Balaban J connectivity index is 2.37. The van der Waals surface area contributed by atoms with Gasteiger partial charge in [-0.25, -0.2) is 13.1 Å². The number of nitrogens with one attached hydrogen (secondary N) is 1. The average Bonchev–Trinajstić information content (AvgIpc) is 2.38. The smallest absolute Gasteiger partial charge is 0.211 e. The van der Waals surface area contributed by atoms with Gasteiger partial charge in [0.25, 0.3) is 0 Å². The summed E-state index contributed by atoms with van der Waals surface area (Å²) in [7, 11) is -3.11. The molecule has 0 saturated heterocycles. The van der Waals surface area contributed by atoms with E-state index in [-0.39, 0.29) is 4.83 Å². The van der Waals surface area contributed by atoms with Crippen molar-refractivity contribution in [3.8, 4) is 0 Å². The molecule has 0 spiro atoms. The third kappa shape index (κ3) is 6.58. The predicted octanol–water partition coefficient (Wildman–Crippen LogP) is 3.69. The minimum absolute atomic E-state index is 0.239. The average molecular weight is 354 g/mol. The number of hydrogen-bond donors (Lipinski definition) is 1. The molecule has 1 saturated carbocycles. The van der Waals surface area contributed by atoms with Crippen LogP contribution in [0.1, 0.15) is 58.8 Å². The number of sulfonamides is 1. The van der Waals surface area contributed by atoms with E-state index in [9.17, 15) is 8.42 Å². The molecule has 3 nitrogen and oxygen atoms in total. The Kier molecular flexibility index (Phi) is 7.92. The van der Waals surface area contributed by atoms with E-state index in [2.05, 4.69) is 34.5 Å². The fourth-order valence-corrected chi connectivity index (χ4v) is 5.53. The molecule has 0 heterocycles. The predicted molar refractivity (Wildman–Crippen MR) is 85.2 cm³/mol. The molecule has 1 unspecified atom stereocenters. The summed E-state index contributed by atoms with van der Waals surface area (Å²) in [4.78, 5) is 0.239. The summed E-state index contributed by atoms with van der Waals surface area (Å²) in [6.07, 6.45) is 7.95. The molecule has 0 aromatic heterocycles. The Morgan fingerprint density at radius 2 is 1.74 bits per heavy atom. The van der Waals surface area contributed by atoms with Gasteiger partial charge < -0.3 is 0 Å². The van der Waals surface area contributed by atoms with Crippen LogP contribution >= 0.6 is 15.9 Å². The SMILES string of the molecule is CCC(CC)C(Br)CNS(=O)(=O)CC1CCCCC1. The van der Waals surface area contributed by atoms with E-state index in [1.165, 1.54) is 19.3 Å². The highest BCUT2D eigenvalue weighted by Crippen LogP contribution is 2.25. The van der Waals surface area contributed by atoms with Gasteiger partial charge in [-0.1, -0.05) is 61.9 Å². The zero-order valence-electron chi connectivity index (χ0n) is 12.2. The van der Waals surface area contributed by atoms with E-state index in [0.29, 0.717) is 24.1 Å². The van der Waals surface area contributed by atoms with Crippen LogP contribution in [-0.4, -0.2) is 25.5 Å². The van der Waals surface area contributed by atoms with Gasteiger partial charge in [-0.3, -0.25) is 0 Å². The van der Waals surface area contributed by atoms with Crippen LogP contribution < -0.4 is 4.72 Å². The van der Waals surface area contributed by atoms with Gasteiger partial charge in [-0.15, -0.1) is 0 Å². The van der Waals surface area contributed by atoms with Gasteiger partial charge in [-0.2, -0.15) is 0 Å². The Labute approximate surface area is 127 Å². The summed E-state index contributed by atoms with van der Waals surface area (Å²) in [5, 5.41) is 0. The normalized spacial score (nSPS) is 19.8. The van der Waals surface area contributed by atoms with Gasteiger partial charge in [-0.05, 0) is 24.7 Å². The van der Waals surface area contributed by atoms with E-state index in [1.807, 2.05) is 0 Å². The molecule has 19 heavy (non-hydrogen) atoms. The molecule has 114 valence electrons. The first-order valence-electron chi connectivity index (χ1n) is 7.59. The van der Waals surface area contributed by atoms with Gasteiger partial charge in [0.05, 0.1) is 5.75 Å². The van der Waals surface area contributed by atoms with Crippen LogP contribution in [0.15, 0.2) is 0 Å². The maximum Gasteiger partial charge on any atom is 0.211 e. The monoisotopic (exact) mass is 353 g/mol. The summed E-state index contributed by atoms with van der Waals surface area (Å²) in [6.45, 7) is 4.82. The second kappa shape index (κ2) is 8.63. The minimum Gasteiger partial charge on any atom is -0.214 e. The molecule has 0 amide bonds. The van der Waals surface area contributed by atoms with E-state index in [4.69, 9.17) is 0 Å². The van der Waals surface area contributed by atoms with E-state index >= 15 is 0 Å². The van der Waals surface area contributed by atoms with Crippen LogP contribution in [0.2, 0.25) is 0 Å². The second-order valence-electron chi connectivity index (χ2n) is 5.73. The summed E-state index contributed by atoms with van der Waals surface area (Å²) in [5.74, 6) is 1.22. The molecule has 1 aliphatic rings. The zero-order valence-corrected chi connectivity index (χ0v) is 14.6. The van der Waals surface area contributed by atoms with Crippen molar-refractivity contribution in [3.63, 3.8) is 0 Å². The lowest BCUT2D eigenvalue weighted by atomic mass is 9.91. The Hall–Kier alpha value is 0.390. The van der Waals surface area contributed by atoms with E-state index in [0.717, 1.165) is 25.7 Å². The standard InChI is InChI=1S/C14H28BrNO2S/c1-3-13(4-2)14(15)10-16-19(17,18)11-12-8-6-5-7-9-12/h12-14,16H,3-11H2,1-2H3. The quantitative estimate of drug-likeness (QED) is 0.676. The van der Waals surface area contributed by atoms with Crippen molar-refractivity contribution in [1.29, 1.82) is 0 Å². The highest BCUT2D eigenvalue weighted by Gasteiger charge is 2.23. The molecule has 0 radical (unpaired) electrons. The van der Waals surface area contributed by atoms with Gasteiger partial charge in [0.15, 0.2) is 0 Å². The lowest BCUT2D eigenvalue weighted by molar-refractivity contribution is 0.383. The summed E-state index contributed by atoms with van der Waals surface area (Å²) in [6, 6.07) is 0. The van der Waals surface area contributed by atoms with Crippen LogP contribution in [0.25, 0.3) is 0 Å². The Bertz CT molecular complexity index is 335. The fourth-order valence-electron chi connectivity index (χ4n) is 2.90. The lowest BCUT2D eigenvalue weighted by Gasteiger charge is -2.23. The maximum absolute atomic E-state index is 12.1. The molecule has 1 rings (SSSR count). The third-order valence-electron chi connectivity index (χ3n) is 4.24. The third-order valence-corrected chi connectivity index (χ3v) is 6.83. The van der Waals surface area contributed by atoms with Crippen molar-refractivity contribution in [2.75, 3.05) is 12.3 Å². The highest BCUT2D eigenvalue weighted by atomic mass is 79.9. The first-order valence-corrected chi connectivity index (χ1v) is 10.2. The van der Waals surface area contributed by atoms with E-state index in [1.54, 1.807) is 0 Å². The minimum atomic E-state index is -3.11. The summed E-state index contributed by atoms with van der Waals surface area (Å²) >= 11 is 3.62. The Morgan fingerprint density at radius 3 is 2.26 bits per heavy atom. The van der Waals surface area contributed by atoms with Crippen molar-refractivity contribution >= 4 is 26.0 Å². The van der Waals surface area contributed by atoms with Gasteiger partial charge in [0, 0.05) is 11.4 Å². The molecule has 1 aliphatic carbocycles. The van der Waals surface area contributed by atoms with Crippen molar-refractivity contribution in [1.82, 2.24) is 4.72 Å². The highest BCUT2D eigenvalue weighted by molar-refractivity contribution is 9.09. The first-order chi connectivity index (χ1) is 8.98. The molecule has 5 heteroatoms. The molecule has 0 aromatic rings. The molecular formula is C14H28BrNO2S. The fraction of sp³-hybridized carbons (Fsp3) is 1.00. The second-order valence-corrected chi connectivity index (χ2v) is 8.75. The number of rotatable bonds is 8. The van der Waals surface area contributed by atoms with Gasteiger partial charge in [0.1, 0.15) is 0 Å². The number of hydrogen-bond acceptors (Lipinski definition) is 2. The molecule has 1 N–H and O–H groups in total. The summed E-state index contributed by atoms with van der Waals surface area (Å²) in [5.41, 5.74) is 0. The molecule has 1 fully saturated rings.